The number of hydrogen-bond acceptors (Lipinski definition) is 3. The van der Waals surface area contributed by atoms with Gasteiger partial charge in [-0.05, 0) is 11.5 Å². The van der Waals surface area contributed by atoms with Crippen molar-refractivity contribution in [1.29, 1.82) is 0 Å². The molecule has 0 aliphatic carbocycles. The van der Waals surface area contributed by atoms with Crippen LogP contribution in [0.5, 0.6) is 11.5 Å². The summed E-state index contributed by atoms with van der Waals surface area (Å²) in [5.41, 5.74) is 5.60. The van der Waals surface area contributed by atoms with Crippen LogP contribution in [0.1, 0.15) is 0 Å². The van der Waals surface area contributed by atoms with Gasteiger partial charge in [-0.3, -0.25) is 0 Å². The fraction of sp³-hybridized carbons (Fsp3) is 0.231. The molecule has 16 heavy (non-hydrogen) atoms. The lowest BCUT2D eigenvalue weighted by atomic mass is 10.1. The molecule has 2 aromatic rings. The van der Waals surface area contributed by atoms with E-state index >= 15 is 0 Å². The summed E-state index contributed by atoms with van der Waals surface area (Å²) in [6.07, 6.45) is -0.0432. The molecule has 1 atom stereocenters. The maximum atomic E-state index is 5.84. The molecule has 1 aliphatic rings. The lowest BCUT2D eigenvalue weighted by Gasteiger charge is -2.26. The zero-order valence-electron chi connectivity index (χ0n) is 8.85. The molecule has 0 radical (unpaired) electrons. The number of ether oxygens (including phenoxy) is 2. The van der Waals surface area contributed by atoms with E-state index in [9.17, 15) is 0 Å². The van der Waals surface area contributed by atoms with Crippen molar-refractivity contribution in [3.8, 4) is 11.5 Å². The first-order chi connectivity index (χ1) is 7.88. The predicted molar refractivity (Wildman–Crippen MR) is 62.9 cm³/mol. The molecule has 2 aromatic carbocycles. The van der Waals surface area contributed by atoms with Gasteiger partial charge < -0.3 is 15.2 Å². The standard InChI is InChI=1S/C13H13NO2/c14-7-10-8-15-12-6-5-9-3-1-2-4-11(9)13(12)16-10/h1-6,10H,7-8,14H2. The van der Waals surface area contributed by atoms with Crippen molar-refractivity contribution in [2.24, 2.45) is 5.73 Å². The first kappa shape index (κ1) is 9.48. The highest BCUT2D eigenvalue weighted by Gasteiger charge is 2.21. The maximum Gasteiger partial charge on any atom is 0.169 e. The van der Waals surface area contributed by atoms with Crippen LogP contribution >= 0.6 is 0 Å². The number of hydrogen-bond donors (Lipinski definition) is 1. The van der Waals surface area contributed by atoms with Crippen LogP contribution in [0.2, 0.25) is 0 Å². The molecular formula is C13H13NO2. The lowest BCUT2D eigenvalue weighted by Crippen LogP contribution is -2.35. The number of benzene rings is 2. The average molecular weight is 215 g/mol. The van der Waals surface area contributed by atoms with Crippen molar-refractivity contribution in [3.05, 3.63) is 36.4 Å². The fourth-order valence-electron chi connectivity index (χ4n) is 1.96. The van der Waals surface area contributed by atoms with Gasteiger partial charge in [-0.25, -0.2) is 0 Å². The van der Waals surface area contributed by atoms with Crippen molar-refractivity contribution in [3.63, 3.8) is 0 Å². The normalized spacial score (nSPS) is 18.7. The first-order valence-electron chi connectivity index (χ1n) is 5.40. The van der Waals surface area contributed by atoms with Crippen molar-refractivity contribution in [2.45, 2.75) is 6.10 Å². The van der Waals surface area contributed by atoms with Gasteiger partial charge in [0.25, 0.3) is 0 Å². The quantitative estimate of drug-likeness (QED) is 0.790. The minimum Gasteiger partial charge on any atom is -0.486 e. The summed E-state index contributed by atoms with van der Waals surface area (Å²) in [4.78, 5) is 0. The molecule has 0 bridgehead atoms. The fourth-order valence-corrected chi connectivity index (χ4v) is 1.96. The number of fused-ring (bicyclic) bond motifs is 3. The molecule has 3 nitrogen and oxygen atoms in total. The van der Waals surface area contributed by atoms with Crippen molar-refractivity contribution in [2.75, 3.05) is 13.2 Å². The van der Waals surface area contributed by atoms with Gasteiger partial charge in [-0.1, -0.05) is 30.3 Å². The number of nitrogens with two attached hydrogens (primary N) is 1. The largest absolute Gasteiger partial charge is 0.486 e. The highest BCUT2D eigenvalue weighted by molar-refractivity contribution is 5.90. The highest BCUT2D eigenvalue weighted by Crippen LogP contribution is 2.38. The Bertz CT molecular complexity index is 524. The Morgan fingerprint density at radius 1 is 1.19 bits per heavy atom. The summed E-state index contributed by atoms with van der Waals surface area (Å²) in [7, 11) is 0. The van der Waals surface area contributed by atoms with Crippen LogP contribution in [0.4, 0.5) is 0 Å². The van der Waals surface area contributed by atoms with Gasteiger partial charge in [0.1, 0.15) is 12.7 Å². The first-order valence-corrected chi connectivity index (χ1v) is 5.40. The van der Waals surface area contributed by atoms with Crippen LogP contribution < -0.4 is 15.2 Å². The van der Waals surface area contributed by atoms with Crippen LogP contribution in [-0.4, -0.2) is 19.3 Å². The van der Waals surface area contributed by atoms with Gasteiger partial charge in [-0.2, -0.15) is 0 Å². The molecule has 0 fully saturated rings. The molecule has 3 heteroatoms. The SMILES string of the molecule is NCC1COc2ccc3ccccc3c2O1. The highest BCUT2D eigenvalue weighted by atomic mass is 16.6. The van der Waals surface area contributed by atoms with Gasteiger partial charge in [0, 0.05) is 11.9 Å². The van der Waals surface area contributed by atoms with Crippen molar-refractivity contribution in [1.82, 2.24) is 0 Å². The van der Waals surface area contributed by atoms with Gasteiger partial charge in [-0.15, -0.1) is 0 Å². The summed E-state index contributed by atoms with van der Waals surface area (Å²) in [5, 5.41) is 2.24. The number of rotatable bonds is 1. The molecule has 82 valence electrons. The minimum absolute atomic E-state index is 0.0432. The Hall–Kier alpha value is -1.74. The summed E-state index contributed by atoms with van der Waals surface area (Å²) in [6, 6.07) is 12.1. The van der Waals surface area contributed by atoms with Crippen molar-refractivity contribution >= 4 is 10.8 Å². The van der Waals surface area contributed by atoms with Crippen LogP contribution in [0.25, 0.3) is 10.8 Å². The van der Waals surface area contributed by atoms with Crippen LogP contribution in [-0.2, 0) is 0 Å². The predicted octanol–water partition coefficient (Wildman–Crippen LogP) is 1.94. The molecule has 2 N–H and O–H groups in total. The van der Waals surface area contributed by atoms with E-state index in [1.807, 2.05) is 30.3 Å². The molecule has 0 aromatic heterocycles. The minimum atomic E-state index is -0.0432. The van der Waals surface area contributed by atoms with Gasteiger partial charge in [0.15, 0.2) is 11.5 Å². The average Bonchev–Trinajstić information content (AvgIpc) is 2.38. The monoisotopic (exact) mass is 215 g/mol. The van der Waals surface area contributed by atoms with E-state index in [1.54, 1.807) is 0 Å². The van der Waals surface area contributed by atoms with Gasteiger partial charge in [0.2, 0.25) is 0 Å². The third-order valence-corrected chi connectivity index (χ3v) is 2.82. The molecular weight excluding hydrogens is 202 g/mol. The van der Waals surface area contributed by atoms with E-state index in [0.717, 1.165) is 22.3 Å². The second-order valence-electron chi connectivity index (χ2n) is 3.90. The van der Waals surface area contributed by atoms with E-state index in [0.29, 0.717) is 13.2 Å². The summed E-state index contributed by atoms with van der Waals surface area (Å²) in [6.45, 7) is 1.00. The van der Waals surface area contributed by atoms with Crippen LogP contribution in [0.15, 0.2) is 36.4 Å². The van der Waals surface area contributed by atoms with Gasteiger partial charge in [0.05, 0.1) is 0 Å². The van der Waals surface area contributed by atoms with E-state index < -0.39 is 0 Å². The molecule has 1 heterocycles. The summed E-state index contributed by atoms with van der Waals surface area (Å²) < 4.78 is 11.5. The second kappa shape index (κ2) is 3.68. The Kier molecular flexibility index (Phi) is 2.18. The molecule has 3 rings (SSSR count). The Labute approximate surface area is 93.8 Å². The van der Waals surface area contributed by atoms with E-state index in [1.165, 1.54) is 0 Å². The Morgan fingerprint density at radius 3 is 2.94 bits per heavy atom. The zero-order valence-corrected chi connectivity index (χ0v) is 8.85. The molecule has 1 aliphatic heterocycles. The molecule has 0 spiro atoms. The van der Waals surface area contributed by atoms with E-state index in [-0.39, 0.29) is 6.10 Å². The Morgan fingerprint density at radius 2 is 2.06 bits per heavy atom. The molecule has 0 saturated heterocycles. The maximum absolute atomic E-state index is 5.84. The topological polar surface area (TPSA) is 44.5 Å². The Balaban J connectivity index is 2.17. The van der Waals surface area contributed by atoms with Crippen LogP contribution in [0.3, 0.4) is 0 Å². The van der Waals surface area contributed by atoms with Crippen molar-refractivity contribution < 1.29 is 9.47 Å². The third kappa shape index (κ3) is 1.41. The zero-order chi connectivity index (χ0) is 11.0. The second-order valence-corrected chi connectivity index (χ2v) is 3.90. The molecule has 0 amide bonds. The van der Waals surface area contributed by atoms with Gasteiger partial charge >= 0.3 is 0 Å². The third-order valence-electron chi connectivity index (χ3n) is 2.82. The summed E-state index contributed by atoms with van der Waals surface area (Å²) >= 11 is 0. The molecule has 0 saturated carbocycles. The van der Waals surface area contributed by atoms with E-state index in [4.69, 9.17) is 15.2 Å². The summed E-state index contributed by atoms with van der Waals surface area (Å²) in [5.74, 6) is 1.63. The smallest absolute Gasteiger partial charge is 0.169 e. The lowest BCUT2D eigenvalue weighted by molar-refractivity contribution is 0.0990. The van der Waals surface area contributed by atoms with E-state index in [2.05, 4.69) is 6.07 Å². The molecule has 1 unspecified atom stereocenters. The van der Waals surface area contributed by atoms with Crippen LogP contribution in [0, 0.1) is 0 Å².